The summed E-state index contributed by atoms with van der Waals surface area (Å²) < 4.78 is 5.29. The Morgan fingerprint density at radius 1 is 1.75 bits per heavy atom. The molecule has 4 nitrogen and oxygen atoms in total. The molecule has 2 N–H and O–H groups in total. The van der Waals surface area contributed by atoms with E-state index in [-0.39, 0.29) is 18.6 Å². The number of carbonyl (C=O) groups is 1. The Balaban J connectivity index is 2.38. The van der Waals surface area contributed by atoms with Crippen molar-refractivity contribution in [3.8, 4) is 0 Å². The molecule has 0 aromatic carbocycles. The van der Waals surface area contributed by atoms with Gasteiger partial charge in [-0.25, -0.2) is 0 Å². The lowest BCUT2D eigenvalue weighted by atomic mass is 10.2. The SMILES string of the molecule is CCN1CC(CCN)OCC1=O. The molecule has 1 saturated heterocycles. The number of ether oxygens (including phenoxy) is 1. The van der Waals surface area contributed by atoms with Gasteiger partial charge in [-0.3, -0.25) is 4.79 Å². The zero-order valence-corrected chi connectivity index (χ0v) is 7.45. The second-order valence-electron chi connectivity index (χ2n) is 2.94. The molecule has 1 rings (SSSR count). The molecule has 1 aliphatic heterocycles. The third-order valence-corrected chi connectivity index (χ3v) is 2.09. The largest absolute Gasteiger partial charge is 0.367 e. The maximum absolute atomic E-state index is 11.1. The number of carbonyl (C=O) groups excluding carboxylic acids is 1. The average Bonchev–Trinajstić information content (AvgIpc) is 2.09. The van der Waals surface area contributed by atoms with E-state index in [1.807, 2.05) is 11.8 Å². The van der Waals surface area contributed by atoms with Crippen LogP contribution in [0.5, 0.6) is 0 Å². The van der Waals surface area contributed by atoms with Crippen LogP contribution in [0.3, 0.4) is 0 Å². The molecule has 1 heterocycles. The highest BCUT2D eigenvalue weighted by Crippen LogP contribution is 2.08. The van der Waals surface area contributed by atoms with Gasteiger partial charge in [-0.1, -0.05) is 0 Å². The molecule has 0 radical (unpaired) electrons. The number of amides is 1. The van der Waals surface area contributed by atoms with Gasteiger partial charge in [0.05, 0.1) is 6.10 Å². The minimum atomic E-state index is 0.0887. The molecule has 0 aliphatic carbocycles. The zero-order valence-electron chi connectivity index (χ0n) is 7.45. The quantitative estimate of drug-likeness (QED) is 0.629. The van der Waals surface area contributed by atoms with Crippen molar-refractivity contribution in [3.63, 3.8) is 0 Å². The first-order chi connectivity index (χ1) is 5.77. The number of nitrogens with two attached hydrogens (primary N) is 1. The van der Waals surface area contributed by atoms with Crippen molar-refractivity contribution in [2.45, 2.75) is 19.4 Å². The van der Waals surface area contributed by atoms with E-state index in [1.54, 1.807) is 0 Å². The molecule has 1 unspecified atom stereocenters. The predicted molar refractivity (Wildman–Crippen MR) is 45.7 cm³/mol. The third-order valence-electron chi connectivity index (χ3n) is 2.09. The summed E-state index contributed by atoms with van der Waals surface area (Å²) in [6.45, 7) is 4.29. The van der Waals surface area contributed by atoms with Crippen LogP contribution in [0.1, 0.15) is 13.3 Å². The van der Waals surface area contributed by atoms with Gasteiger partial charge in [0.1, 0.15) is 6.61 Å². The van der Waals surface area contributed by atoms with Gasteiger partial charge in [-0.2, -0.15) is 0 Å². The van der Waals surface area contributed by atoms with Gasteiger partial charge in [-0.15, -0.1) is 0 Å². The smallest absolute Gasteiger partial charge is 0.248 e. The van der Waals surface area contributed by atoms with E-state index in [4.69, 9.17) is 10.5 Å². The van der Waals surface area contributed by atoms with E-state index < -0.39 is 0 Å². The molecule has 4 heteroatoms. The van der Waals surface area contributed by atoms with E-state index in [1.165, 1.54) is 0 Å². The van der Waals surface area contributed by atoms with Crippen LogP contribution in [-0.4, -0.2) is 43.2 Å². The highest BCUT2D eigenvalue weighted by Gasteiger charge is 2.23. The maximum atomic E-state index is 11.1. The molecule has 0 bridgehead atoms. The van der Waals surface area contributed by atoms with Crippen molar-refractivity contribution >= 4 is 5.91 Å². The molecule has 1 fully saturated rings. The first kappa shape index (κ1) is 9.48. The summed E-state index contributed by atoms with van der Waals surface area (Å²) >= 11 is 0. The summed E-state index contributed by atoms with van der Waals surface area (Å²) in [5.41, 5.74) is 5.40. The Kier molecular flexibility index (Phi) is 3.49. The van der Waals surface area contributed by atoms with Crippen LogP contribution in [0.15, 0.2) is 0 Å². The van der Waals surface area contributed by atoms with Gasteiger partial charge < -0.3 is 15.4 Å². The molecule has 1 amide bonds. The molecule has 0 aromatic rings. The first-order valence-electron chi connectivity index (χ1n) is 4.37. The van der Waals surface area contributed by atoms with Crippen LogP contribution in [0, 0.1) is 0 Å². The minimum absolute atomic E-state index is 0.0887. The fraction of sp³-hybridized carbons (Fsp3) is 0.875. The Morgan fingerprint density at radius 3 is 3.08 bits per heavy atom. The Morgan fingerprint density at radius 2 is 2.50 bits per heavy atom. The topological polar surface area (TPSA) is 55.6 Å². The fourth-order valence-corrected chi connectivity index (χ4v) is 1.35. The van der Waals surface area contributed by atoms with Crippen molar-refractivity contribution in [3.05, 3.63) is 0 Å². The normalized spacial score (nSPS) is 24.7. The molecule has 0 saturated carbocycles. The summed E-state index contributed by atoms with van der Waals surface area (Å²) in [7, 11) is 0. The summed E-state index contributed by atoms with van der Waals surface area (Å²) in [6.07, 6.45) is 0.983. The number of morpholine rings is 1. The van der Waals surface area contributed by atoms with Gasteiger partial charge in [0.15, 0.2) is 0 Å². The van der Waals surface area contributed by atoms with Gasteiger partial charge in [-0.05, 0) is 19.9 Å². The minimum Gasteiger partial charge on any atom is -0.367 e. The second kappa shape index (κ2) is 4.42. The van der Waals surface area contributed by atoms with Crippen LogP contribution < -0.4 is 5.73 Å². The van der Waals surface area contributed by atoms with Gasteiger partial charge in [0, 0.05) is 13.1 Å². The molecular formula is C8H16N2O2. The van der Waals surface area contributed by atoms with Crippen molar-refractivity contribution in [2.75, 3.05) is 26.2 Å². The summed E-state index contributed by atoms with van der Waals surface area (Å²) in [5, 5.41) is 0. The maximum Gasteiger partial charge on any atom is 0.248 e. The lowest BCUT2D eigenvalue weighted by Gasteiger charge is -2.31. The highest BCUT2D eigenvalue weighted by atomic mass is 16.5. The number of rotatable bonds is 3. The summed E-state index contributed by atoms with van der Waals surface area (Å²) in [5.74, 6) is 0.0887. The number of likely N-dealkylation sites (N-methyl/N-ethyl adjacent to an activating group) is 1. The first-order valence-corrected chi connectivity index (χ1v) is 4.37. The Hall–Kier alpha value is -0.610. The van der Waals surface area contributed by atoms with Crippen LogP contribution >= 0.6 is 0 Å². The Bertz CT molecular complexity index is 161. The number of hydrogen-bond donors (Lipinski definition) is 1. The molecule has 0 aromatic heterocycles. The van der Waals surface area contributed by atoms with Crippen LogP contribution in [0.2, 0.25) is 0 Å². The average molecular weight is 172 g/mol. The van der Waals surface area contributed by atoms with Crippen molar-refractivity contribution in [1.29, 1.82) is 0 Å². The molecule has 12 heavy (non-hydrogen) atoms. The van der Waals surface area contributed by atoms with Crippen LogP contribution in [-0.2, 0) is 9.53 Å². The number of hydrogen-bond acceptors (Lipinski definition) is 3. The van der Waals surface area contributed by atoms with E-state index in [2.05, 4.69) is 0 Å². The van der Waals surface area contributed by atoms with E-state index in [0.717, 1.165) is 13.0 Å². The van der Waals surface area contributed by atoms with E-state index in [0.29, 0.717) is 13.1 Å². The summed E-state index contributed by atoms with van der Waals surface area (Å²) in [6, 6.07) is 0. The molecule has 0 spiro atoms. The van der Waals surface area contributed by atoms with Crippen LogP contribution in [0.4, 0.5) is 0 Å². The third kappa shape index (κ3) is 2.19. The van der Waals surface area contributed by atoms with Gasteiger partial charge >= 0.3 is 0 Å². The van der Waals surface area contributed by atoms with E-state index in [9.17, 15) is 4.79 Å². The van der Waals surface area contributed by atoms with Crippen LogP contribution in [0.25, 0.3) is 0 Å². The summed E-state index contributed by atoms with van der Waals surface area (Å²) in [4.78, 5) is 13.0. The lowest BCUT2D eigenvalue weighted by molar-refractivity contribution is -0.148. The highest BCUT2D eigenvalue weighted by molar-refractivity contribution is 5.78. The van der Waals surface area contributed by atoms with E-state index >= 15 is 0 Å². The second-order valence-corrected chi connectivity index (χ2v) is 2.94. The molecule has 70 valence electrons. The number of nitrogens with zero attached hydrogens (tertiary/aromatic N) is 1. The zero-order chi connectivity index (χ0) is 8.97. The van der Waals surface area contributed by atoms with Crippen molar-refractivity contribution in [1.82, 2.24) is 4.90 Å². The predicted octanol–water partition coefficient (Wildman–Crippen LogP) is -0.417. The monoisotopic (exact) mass is 172 g/mol. The standard InChI is InChI=1S/C8H16N2O2/c1-2-10-5-7(3-4-9)12-6-8(10)11/h7H,2-6,9H2,1H3. The van der Waals surface area contributed by atoms with Gasteiger partial charge in [0.2, 0.25) is 5.91 Å². The Labute approximate surface area is 72.7 Å². The fourth-order valence-electron chi connectivity index (χ4n) is 1.35. The lowest BCUT2D eigenvalue weighted by Crippen LogP contribution is -2.46. The molecule has 1 aliphatic rings. The molecular weight excluding hydrogens is 156 g/mol. The van der Waals surface area contributed by atoms with Crippen molar-refractivity contribution < 1.29 is 9.53 Å². The van der Waals surface area contributed by atoms with Gasteiger partial charge in [0.25, 0.3) is 0 Å². The molecule has 1 atom stereocenters. The van der Waals surface area contributed by atoms with Crippen molar-refractivity contribution in [2.24, 2.45) is 5.73 Å².